The number of anilines is 2. The molecule has 14 heavy (non-hydrogen) atoms. The van der Waals surface area contributed by atoms with Crippen LogP contribution in [-0.2, 0) is 0 Å². The number of aromatic amines is 1. The number of oxazole rings is 1. The molecule has 0 aliphatic heterocycles. The summed E-state index contributed by atoms with van der Waals surface area (Å²) in [6, 6.07) is 1.35. The molecule has 2 rings (SSSR count). The fraction of sp³-hybridized carbons (Fsp3) is 0. The van der Waals surface area contributed by atoms with Gasteiger partial charge in [-0.25, -0.2) is 9.78 Å². The van der Waals surface area contributed by atoms with Gasteiger partial charge in [-0.1, -0.05) is 0 Å². The maximum Gasteiger partial charge on any atom is 0.353 e. The Bertz CT molecular complexity index is 433. The first-order valence-electron chi connectivity index (χ1n) is 3.70. The van der Waals surface area contributed by atoms with E-state index in [4.69, 9.17) is 9.52 Å². The van der Waals surface area contributed by atoms with Crippen LogP contribution in [0.25, 0.3) is 0 Å². The van der Waals surface area contributed by atoms with Crippen LogP contribution in [0.3, 0.4) is 0 Å². The number of carboxylic acids is 1. The van der Waals surface area contributed by atoms with Crippen LogP contribution in [0.15, 0.2) is 23.1 Å². The van der Waals surface area contributed by atoms with Crippen LogP contribution in [0.4, 0.5) is 11.7 Å². The van der Waals surface area contributed by atoms with Crippen LogP contribution >= 0.6 is 0 Å². The van der Waals surface area contributed by atoms with E-state index in [1.54, 1.807) is 0 Å². The maximum absolute atomic E-state index is 10.5. The number of aromatic carboxylic acids is 1. The van der Waals surface area contributed by atoms with Gasteiger partial charge in [-0.2, -0.15) is 5.10 Å². The summed E-state index contributed by atoms with van der Waals surface area (Å²) in [4.78, 5) is 14.2. The first kappa shape index (κ1) is 8.30. The van der Waals surface area contributed by atoms with E-state index in [9.17, 15) is 4.79 Å². The average molecular weight is 194 g/mol. The number of hydrogen-bond donors (Lipinski definition) is 3. The molecular weight excluding hydrogens is 188 g/mol. The van der Waals surface area contributed by atoms with Gasteiger partial charge in [-0.3, -0.25) is 5.10 Å². The van der Waals surface area contributed by atoms with Crippen LogP contribution in [0.2, 0.25) is 0 Å². The minimum absolute atomic E-state index is 0.00650. The summed E-state index contributed by atoms with van der Waals surface area (Å²) >= 11 is 0. The van der Waals surface area contributed by atoms with Crippen molar-refractivity contribution in [1.82, 2.24) is 15.2 Å². The number of hydrogen-bond acceptors (Lipinski definition) is 5. The van der Waals surface area contributed by atoms with Crippen molar-refractivity contribution < 1.29 is 14.3 Å². The summed E-state index contributed by atoms with van der Waals surface area (Å²) in [5.74, 6) is -0.310. The Hall–Kier alpha value is -2.31. The molecule has 0 fully saturated rings. The quantitative estimate of drug-likeness (QED) is 0.668. The van der Waals surface area contributed by atoms with Crippen molar-refractivity contribution in [1.29, 1.82) is 0 Å². The van der Waals surface area contributed by atoms with Gasteiger partial charge in [-0.05, 0) is 0 Å². The summed E-state index contributed by atoms with van der Waals surface area (Å²) < 4.78 is 4.88. The van der Waals surface area contributed by atoms with Gasteiger partial charge in [0.1, 0.15) is 5.69 Å². The zero-order chi connectivity index (χ0) is 9.97. The summed E-state index contributed by atoms with van der Waals surface area (Å²) in [6.07, 6.45) is 2.71. The summed E-state index contributed by atoms with van der Waals surface area (Å²) in [7, 11) is 0. The first-order valence-corrected chi connectivity index (χ1v) is 3.70. The highest BCUT2D eigenvalue weighted by molar-refractivity contribution is 5.86. The standard InChI is InChI=1S/C7H6N4O3/c12-7(13)4-1-5(11-10-4)9-6-2-8-3-14-6/h1-3H,(H,12,13)(H2,9,10,11). The Morgan fingerprint density at radius 1 is 1.64 bits per heavy atom. The third-order valence-electron chi connectivity index (χ3n) is 1.49. The molecule has 2 heterocycles. The highest BCUT2D eigenvalue weighted by atomic mass is 16.4. The minimum atomic E-state index is -1.07. The van der Waals surface area contributed by atoms with Crippen molar-refractivity contribution >= 4 is 17.7 Å². The van der Waals surface area contributed by atoms with Gasteiger partial charge in [-0.15, -0.1) is 0 Å². The molecule has 0 aromatic carbocycles. The minimum Gasteiger partial charge on any atom is -0.477 e. The van der Waals surface area contributed by atoms with Crippen LogP contribution in [0.1, 0.15) is 10.5 Å². The molecule has 0 aliphatic rings. The highest BCUT2D eigenvalue weighted by Crippen LogP contribution is 2.13. The maximum atomic E-state index is 10.5. The molecule has 0 radical (unpaired) electrons. The van der Waals surface area contributed by atoms with Crippen molar-refractivity contribution in [2.45, 2.75) is 0 Å². The average Bonchev–Trinajstić information content (AvgIpc) is 2.75. The predicted molar refractivity (Wildman–Crippen MR) is 45.3 cm³/mol. The van der Waals surface area contributed by atoms with Crippen LogP contribution in [0.5, 0.6) is 0 Å². The van der Waals surface area contributed by atoms with E-state index in [1.165, 1.54) is 18.7 Å². The molecule has 0 amide bonds. The Labute approximate surface area is 77.8 Å². The van der Waals surface area contributed by atoms with Gasteiger partial charge in [0, 0.05) is 6.07 Å². The summed E-state index contributed by atoms with van der Waals surface area (Å²) in [5.41, 5.74) is 0.00650. The third kappa shape index (κ3) is 1.56. The second-order valence-corrected chi connectivity index (χ2v) is 2.46. The van der Waals surface area contributed by atoms with E-state index in [1.807, 2.05) is 0 Å². The van der Waals surface area contributed by atoms with Gasteiger partial charge in [0.15, 0.2) is 12.2 Å². The smallest absolute Gasteiger partial charge is 0.353 e. The molecule has 0 atom stereocenters. The molecule has 0 bridgehead atoms. The molecule has 0 saturated carbocycles. The Kier molecular flexibility index (Phi) is 1.90. The molecule has 2 aromatic rings. The van der Waals surface area contributed by atoms with Crippen molar-refractivity contribution in [3.8, 4) is 0 Å². The lowest BCUT2D eigenvalue weighted by Gasteiger charge is -1.93. The lowest BCUT2D eigenvalue weighted by atomic mass is 10.4. The zero-order valence-electron chi connectivity index (χ0n) is 6.89. The number of nitrogens with zero attached hydrogens (tertiary/aromatic N) is 2. The normalized spacial score (nSPS) is 10.0. The van der Waals surface area contributed by atoms with Crippen molar-refractivity contribution in [2.75, 3.05) is 5.32 Å². The molecule has 72 valence electrons. The van der Waals surface area contributed by atoms with Gasteiger partial charge >= 0.3 is 5.97 Å². The number of carboxylic acid groups (broad SMARTS) is 1. The molecule has 0 aliphatic carbocycles. The number of rotatable bonds is 3. The topological polar surface area (TPSA) is 104 Å². The molecule has 0 unspecified atom stereocenters. The summed E-state index contributed by atoms with van der Waals surface area (Å²) in [6.45, 7) is 0. The van der Waals surface area contributed by atoms with Crippen molar-refractivity contribution in [3.05, 3.63) is 24.4 Å². The lowest BCUT2D eigenvalue weighted by Crippen LogP contribution is -1.95. The second kappa shape index (κ2) is 3.21. The van der Waals surface area contributed by atoms with E-state index >= 15 is 0 Å². The first-order chi connectivity index (χ1) is 6.75. The van der Waals surface area contributed by atoms with Gasteiger partial charge in [0.05, 0.1) is 6.20 Å². The van der Waals surface area contributed by atoms with Gasteiger partial charge < -0.3 is 14.8 Å². The Balaban J connectivity index is 2.14. The van der Waals surface area contributed by atoms with Crippen LogP contribution in [-0.4, -0.2) is 26.3 Å². The number of aromatic nitrogens is 3. The number of nitrogens with one attached hydrogen (secondary N) is 2. The third-order valence-corrected chi connectivity index (χ3v) is 1.49. The van der Waals surface area contributed by atoms with Crippen molar-refractivity contribution in [2.24, 2.45) is 0 Å². The number of H-pyrrole nitrogens is 1. The second-order valence-electron chi connectivity index (χ2n) is 2.46. The summed E-state index contributed by atoms with van der Waals surface area (Å²) in [5, 5.41) is 17.4. The number of carbonyl (C=O) groups is 1. The fourth-order valence-corrected chi connectivity index (χ4v) is 0.899. The molecule has 3 N–H and O–H groups in total. The molecule has 0 spiro atoms. The van der Waals surface area contributed by atoms with E-state index in [0.717, 1.165) is 0 Å². The molecular formula is C7H6N4O3. The molecule has 2 aromatic heterocycles. The molecule has 7 heteroatoms. The van der Waals surface area contributed by atoms with E-state index < -0.39 is 5.97 Å². The molecule has 0 saturated heterocycles. The SMILES string of the molecule is O=C(O)c1cc(Nc2cnco2)n[nH]1. The van der Waals surface area contributed by atoms with E-state index in [-0.39, 0.29) is 5.69 Å². The van der Waals surface area contributed by atoms with Crippen molar-refractivity contribution in [3.63, 3.8) is 0 Å². The largest absolute Gasteiger partial charge is 0.477 e. The zero-order valence-corrected chi connectivity index (χ0v) is 6.89. The highest BCUT2D eigenvalue weighted by Gasteiger charge is 2.08. The van der Waals surface area contributed by atoms with E-state index in [0.29, 0.717) is 11.7 Å². The van der Waals surface area contributed by atoms with E-state index in [2.05, 4.69) is 20.5 Å². The monoisotopic (exact) mass is 194 g/mol. The Morgan fingerprint density at radius 3 is 3.07 bits per heavy atom. The fourth-order valence-electron chi connectivity index (χ4n) is 0.899. The van der Waals surface area contributed by atoms with Crippen LogP contribution in [0, 0.1) is 0 Å². The van der Waals surface area contributed by atoms with Gasteiger partial charge in [0.2, 0.25) is 5.88 Å². The van der Waals surface area contributed by atoms with Gasteiger partial charge in [0.25, 0.3) is 0 Å². The Morgan fingerprint density at radius 2 is 2.50 bits per heavy atom. The lowest BCUT2D eigenvalue weighted by molar-refractivity contribution is 0.0690. The predicted octanol–water partition coefficient (Wildman–Crippen LogP) is 0.839. The molecule has 7 nitrogen and oxygen atoms in total. The van der Waals surface area contributed by atoms with Crippen LogP contribution < -0.4 is 5.32 Å².